The van der Waals surface area contributed by atoms with Gasteiger partial charge < -0.3 is 19.7 Å². The summed E-state index contributed by atoms with van der Waals surface area (Å²) in [5.41, 5.74) is 0. The van der Waals surface area contributed by atoms with Crippen molar-refractivity contribution in [1.29, 1.82) is 0 Å². The summed E-state index contributed by atoms with van der Waals surface area (Å²) in [6.45, 7) is 5.71. The molecule has 1 aliphatic heterocycles. The van der Waals surface area contributed by atoms with E-state index < -0.39 is 0 Å². The highest BCUT2D eigenvalue weighted by Crippen LogP contribution is 2.12. The first-order valence-electron chi connectivity index (χ1n) is 6.17. The smallest absolute Gasteiger partial charge is 0.223 e. The predicted octanol–water partition coefficient (Wildman–Crippen LogP) is 0.106. The highest BCUT2D eigenvalue weighted by molar-refractivity contribution is 5.77. The molecular weight excluding hydrogens is 220 g/mol. The van der Waals surface area contributed by atoms with E-state index in [1.807, 2.05) is 11.8 Å². The molecule has 1 aliphatic rings. The van der Waals surface area contributed by atoms with Gasteiger partial charge in [0.25, 0.3) is 0 Å². The molecule has 0 spiro atoms. The largest absolute Gasteiger partial charge is 0.383 e. The van der Waals surface area contributed by atoms with Crippen molar-refractivity contribution in [2.75, 3.05) is 47.1 Å². The van der Waals surface area contributed by atoms with Gasteiger partial charge in [0.15, 0.2) is 0 Å². The summed E-state index contributed by atoms with van der Waals surface area (Å²) >= 11 is 0. The lowest BCUT2D eigenvalue weighted by atomic mass is 9.98. The summed E-state index contributed by atoms with van der Waals surface area (Å²) in [7, 11) is 3.31. The standard InChI is InChI=1S/C12H24N2O3/c1-10(9-17-3)14(4-5-16-2)12(15)6-11-7-13-8-11/h10-11,13H,4-9H2,1-3H3. The fourth-order valence-electron chi connectivity index (χ4n) is 1.97. The molecule has 0 aromatic rings. The molecule has 1 fully saturated rings. The molecule has 100 valence electrons. The maximum atomic E-state index is 12.2. The Hall–Kier alpha value is -0.650. The average Bonchev–Trinajstić information content (AvgIpc) is 2.24. The van der Waals surface area contributed by atoms with E-state index in [1.54, 1.807) is 14.2 Å². The molecule has 17 heavy (non-hydrogen) atoms. The van der Waals surface area contributed by atoms with Crippen LogP contribution in [0.1, 0.15) is 13.3 Å². The van der Waals surface area contributed by atoms with Crippen LogP contribution in [0, 0.1) is 5.92 Å². The molecule has 0 aliphatic carbocycles. The van der Waals surface area contributed by atoms with E-state index >= 15 is 0 Å². The molecule has 1 atom stereocenters. The van der Waals surface area contributed by atoms with Crippen LogP contribution in [0.3, 0.4) is 0 Å². The molecule has 1 unspecified atom stereocenters. The number of hydrogen-bond acceptors (Lipinski definition) is 4. The van der Waals surface area contributed by atoms with E-state index in [9.17, 15) is 4.79 Å². The second-order valence-corrected chi connectivity index (χ2v) is 4.61. The van der Waals surface area contributed by atoms with E-state index in [1.165, 1.54) is 0 Å². The number of nitrogens with one attached hydrogen (secondary N) is 1. The van der Waals surface area contributed by atoms with Gasteiger partial charge in [-0.25, -0.2) is 0 Å². The Morgan fingerprint density at radius 2 is 2.12 bits per heavy atom. The fourth-order valence-corrected chi connectivity index (χ4v) is 1.97. The van der Waals surface area contributed by atoms with Crippen molar-refractivity contribution in [3.8, 4) is 0 Å². The Morgan fingerprint density at radius 3 is 2.59 bits per heavy atom. The fraction of sp³-hybridized carbons (Fsp3) is 0.917. The second-order valence-electron chi connectivity index (χ2n) is 4.61. The summed E-state index contributed by atoms with van der Waals surface area (Å²) in [5.74, 6) is 0.709. The molecule has 0 aromatic heterocycles. The van der Waals surface area contributed by atoms with Crippen LogP contribution in [-0.4, -0.2) is 63.9 Å². The normalized spacial score (nSPS) is 17.6. The summed E-state index contributed by atoms with van der Waals surface area (Å²) in [4.78, 5) is 14.0. The molecular formula is C12H24N2O3. The van der Waals surface area contributed by atoms with Crippen LogP contribution in [0.15, 0.2) is 0 Å². The van der Waals surface area contributed by atoms with Crippen LogP contribution in [0.4, 0.5) is 0 Å². The van der Waals surface area contributed by atoms with Gasteiger partial charge in [0, 0.05) is 27.2 Å². The van der Waals surface area contributed by atoms with Crippen molar-refractivity contribution < 1.29 is 14.3 Å². The van der Waals surface area contributed by atoms with Crippen molar-refractivity contribution in [2.24, 2.45) is 5.92 Å². The molecule has 1 heterocycles. The Labute approximate surface area is 103 Å². The minimum Gasteiger partial charge on any atom is -0.383 e. The highest BCUT2D eigenvalue weighted by Gasteiger charge is 2.25. The number of ether oxygens (including phenoxy) is 2. The predicted molar refractivity (Wildman–Crippen MR) is 65.9 cm³/mol. The lowest BCUT2D eigenvalue weighted by Gasteiger charge is -2.33. The minimum atomic E-state index is 0.107. The number of amides is 1. The van der Waals surface area contributed by atoms with Gasteiger partial charge in [-0.3, -0.25) is 4.79 Å². The molecule has 1 amide bonds. The van der Waals surface area contributed by atoms with E-state index in [-0.39, 0.29) is 11.9 Å². The van der Waals surface area contributed by atoms with Crippen LogP contribution in [-0.2, 0) is 14.3 Å². The summed E-state index contributed by atoms with van der Waals surface area (Å²) in [6.07, 6.45) is 0.630. The number of carbonyl (C=O) groups excluding carboxylic acids is 1. The summed E-state index contributed by atoms with van der Waals surface area (Å²) in [6, 6.07) is 0.107. The Kier molecular flexibility index (Phi) is 6.47. The van der Waals surface area contributed by atoms with Gasteiger partial charge in [0.1, 0.15) is 0 Å². The molecule has 1 saturated heterocycles. The van der Waals surface area contributed by atoms with E-state index in [2.05, 4.69) is 5.32 Å². The van der Waals surface area contributed by atoms with E-state index in [0.29, 0.717) is 32.1 Å². The quantitative estimate of drug-likeness (QED) is 0.658. The zero-order chi connectivity index (χ0) is 12.7. The number of rotatable bonds is 8. The van der Waals surface area contributed by atoms with Crippen molar-refractivity contribution in [2.45, 2.75) is 19.4 Å². The second kappa shape index (κ2) is 7.63. The first-order chi connectivity index (χ1) is 8.19. The number of hydrogen-bond donors (Lipinski definition) is 1. The Balaban J connectivity index is 2.43. The number of nitrogens with zero attached hydrogens (tertiary/aromatic N) is 1. The molecule has 1 N–H and O–H groups in total. The van der Waals surface area contributed by atoms with E-state index in [4.69, 9.17) is 9.47 Å². The zero-order valence-electron chi connectivity index (χ0n) is 11.1. The van der Waals surface area contributed by atoms with Gasteiger partial charge in [-0.15, -0.1) is 0 Å². The third-order valence-electron chi connectivity index (χ3n) is 3.13. The van der Waals surface area contributed by atoms with Crippen molar-refractivity contribution in [3.63, 3.8) is 0 Å². The van der Waals surface area contributed by atoms with Gasteiger partial charge in [-0.1, -0.05) is 0 Å². The molecule has 0 bridgehead atoms. The average molecular weight is 244 g/mol. The molecule has 0 radical (unpaired) electrons. The molecule has 1 rings (SSSR count). The Bertz CT molecular complexity index is 232. The van der Waals surface area contributed by atoms with Gasteiger partial charge in [-0.2, -0.15) is 0 Å². The third-order valence-corrected chi connectivity index (χ3v) is 3.13. The third kappa shape index (κ3) is 4.61. The van der Waals surface area contributed by atoms with Crippen molar-refractivity contribution >= 4 is 5.91 Å². The highest BCUT2D eigenvalue weighted by atomic mass is 16.5. The zero-order valence-corrected chi connectivity index (χ0v) is 11.1. The summed E-state index contributed by atoms with van der Waals surface area (Å²) < 4.78 is 10.2. The van der Waals surface area contributed by atoms with Crippen LogP contribution < -0.4 is 5.32 Å². The maximum absolute atomic E-state index is 12.2. The first-order valence-corrected chi connectivity index (χ1v) is 6.17. The van der Waals surface area contributed by atoms with Gasteiger partial charge >= 0.3 is 0 Å². The lowest BCUT2D eigenvalue weighted by molar-refractivity contribution is -0.136. The number of carbonyl (C=O) groups is 1. The molecule has 5 nitrogen and oxygen atoms in total. The maximum Gasteiger partial charge on any atom is 0.223 e. The van der Waals surface area contributed by atoms with Crippen LogP contribution in [0.25, 0.3) is 0 Å². The molecule has 0 saturated carbocycles. The van der Waals surface area contributed by atoms with Gasteiger partial charge in [0.2, 0.25) is 5.91 Å². The molecule has 0 aromatic carbocycles. The number of methoxy groups -OCH3 is 2. The van der Waals surface area contributed by atoms with Crippen molar-refractivity contribution in [1.82, 2.24) is 10.2 Å². The van der Waals surface area contributed by atoms with E-state index in [0.717, 1.165) is 13.1 Å². The van der Waals surface area contributed by atoms with Crippen LogP contribution in [0.5, 0.6) is 0 Å². The SMILES string of the molecule is COCCN(C(=O)CC1CNC1)C(C)COC. The van der Waals surface area contributed by atoms with Gasteiger partial charge in [-0.05, 0) is 25.9 Å². The first kappa shape index (κ1) is 14.4. The lowest BCUT2D eigenvalue weighted by Crippen LogP contribution is -2.48. The Morgan fingerprint density at radius 1 is 1.41 bits per heavy atom. The van der Waals surface area contributed by atoms with Gasteiger partial charge in [0.05, 0.1) is 19.3 Å². The molecule has 5 heteroatoms. The van der Waals surface area contributed by atoms with Crippen molar-refractivity contribution in [3.05, 3.63) is 0 Å². The minimum absolute atomic E-state index is 0.107. The van der Waals surface area contributed by atoms with Crippen LogP contribution in [0.2, 0.25) is 0 Å². The monoisotopic (exact) mass is 244 g/mol. The van der Waals surface area contributed by atoms with Crippen LogP contribution >= 0.6 is 0 Å². The topological polar surface area (TPSA) is 50.8 Å². The summed E-state index contributed by atoms with van der Waals surface area (Å²) in [5, 5.41) is 3.18.